The van der Waals surface area contributed by atoms with Gasteiger partial charge in [-0.1, -0.05) is 0 Å². The second kappa shape index (κ2) is 1.61. The molecule has 2 unspecified atom stereocenters. The molecule has 0 aromatic rings. The topological polar surface area (TPSA) is 12.0 Å². The van der Waals surface area contributed by atoms with E-state index >= 15 is 0 Å². The fraction of sp³-hybridized carbons (Fsp3) is 1.00. The molecular weight excluding hydrogens is 122 g/mol. The van der Waals surface area contributed by atoms with Crippen LogP contribution in [-0.2, 0) is 0 Å². The van der Waals surface area contributed by atoms with Gasteiger partial charge in [-0.05, 0) is 30.8 Å². The second-order valence-corrected chi connectivity index (χ2v) is 3.11. The fourth-order valence-corrected chi connectivity index (χ4v) is 2.23. The van der Waals surface area contributed by atoms with E-state index in [1.54, 1.807) is 0 Å². The summed E-state index contributed by atoms with van der Waals surface area (Å²) in [6.07, 6.45) is 0. The summed E-state index contributed by atoms with van der Waals surface area (Å²) >= 11 is 5.67. The molecule has 0 amide bonds. The quantitative estimate of drug-likeness (QED) is 0.517. The van der Waals surface area contributed by atoms with Crippen LogP contribution in [0.5, 0.6) is 0 Å². The molecule has 1 nitrogen and oxygen atoms in total. The van der Waals surface area contributed by atoms with Crippen LogP contribution in [0.25, 0.3) is 0 Å². The average Bonchev–Trinajstić information content (AvgIpc) is 2.22. The van der Waals surface area contributed by atoms with Crippen LogP contribution in [0.15, 0.2) is 0 Å². The van der Waals surface area contributed by atoms with E-state index in [2.05, 4.69) is 5.32 Å². The average molecular weight is 132 g/mol. The molecule has 2 rings (SSSR count). The molecule has 0 bridgehead atoms. The molecule has 46 valence electrons. The predicted octanol–water partition coefficient (Wildman–Crippen LogP) is 0.691. The third-order valence-electron chi connectivity index (χ3n) is 2.45. The van der Waals surface area contributed by atoms with Gasteiger partial charge in [0.25, 0.3) is 0 Å². The van der Waals surface area contributed by atoms with Gasteiger partial charge in [0.1, 0.15) is 0 Å². The van der Waals surface area contributed by atoms with E-state index in [4.69, 9.17) is 11.6 Å². The van der Waals surface area contributed by atoms with Gasteiger partial charge in [-0.3, -0.25) is 0 Å². The maximum atomic E-state index is 5.67. The number of nitrogens with one attached hydrogen (secondary N) is 1. The number of rotatable bonds is 1. The highest BCUT2D eigenvalue weighted by Crippen LogP contribution is 2.48. The van der Waals surface area contributed by atoms with Crippen LogP contribution in [0.1, 0.15) is 0 Å². The van der Waals surface area contributed by atoms with Crippen molar-refractivity contribution in [1.29, 1.82) is 0 Å². The highest BCUT2D eigenvalue weighted by Gasteiger charge is 2.51. The van der Waals surface area contributed by atoms with E-state index in [-0.39, 0.29) is 0 Å². The standard InChI is InChI=1S/C6H10ClN/c7-1-4-5-2-8-3-6(4)5/h4-6,8H,1-3H2. The SMILES string of the molecule is ClCC1C2CNCC12. The van der Waals surface area contributed by atoms with Gasteiger partial charge in [0.05, 0.1) is 0 Å². The Morgan fingerprint density at radius 3 is 2.38 bits per heavy atom. The van der Waals surface area contributed by atoms with Crippen LogP contribution < -0.4 is 5.32 Å². The Labute approximate surface area is 54.4 Å². The summed E-state index contributed by atoms with van der Waals surface area (Å²) in [4.78, 5) is 0. The van der Waals surface area contributed by atoms with Crippen LogP contribution in [0.2, 0.25) is 0 Å². The number of piperidine rings is 1. The first kappa shape index (κ1) is 5.07. The van der Waals surface area contributed by atoms with Gasteiger partial charge >= 0.3 is 0 Å². The van der Waals surface area contributed by atoms with Gasteiger partial charge in [0.15, 0.2) is 0 Å². The minimum Gasteiger partial charge on any atom is -0.316 e. The summed E-state index contributed by atoms with van der Waals surface area (Å²) in [5.74, 6) is 3.66. The smallest absolute Gasteiger partial charge is 0.0258 e. The van der Waals surface area contributed by atoms with Gasteiger partial charge in [-0.15, -0.1) is 11.6 Å². The second-order valence-electron chi connectivity index (χ2n) is 2.80. The van der Waals surface area contributed by atoms with Gasteiger partial charge in [0, 0.05) is 5.88 Å². The number of halogens is 1. The molecular formula is C6H10ClN. The Bertz CT molecular complexity index is 87.9. The third kappa shape index (κ3) is 0.517. The molecule has 0 aromatic carbocycles. The van der Waals surface area contributed by atoms with Gasteiger partial charge < -0.3 is 5.32 Å². The molecule has 8 heavy (non-hydrogen) atoms. The van der Waals surface area contributed by atoms with Crippen molar-refractivity contribution in [1.82, 2.24) is 5.32 Å². The Morgan fingerprint density at radius 1 is 1.38 bits per heavy atom. The molecule has 1 N–H and O–H groups in total. The normalized spacial score (nSPS) is 51.4. The zero-order valence-electron chi connectivity index (χ0n) is 4.73. The molecule has 2 fully saturated rings. The fourth-order valence-electron chi connectivity index (χ4n) is 1.78. The Kier molecular flexibility index (Phi) is 1.02. The molecule has 2 aliphatic rings. The van der Waals surface area contributed by atoms with Crippen molar-refractivity contribution in [3.63, 3.8) is 0 Å². The molecule has 1 aliphatic heterocycles. The van der Waals surface area contributed by atoms with Crippen LogP contribution in [0, 0.1) is 17.8 Å². The lowest BCUT2D eigenvalue weighted by Gasteiger charge is -1.96. The number of fused-ring (bicyclic) bond motifs is 1. The summed E-state index contributed by atoms with van der Waals surface area (Å²) in [6.45, 7) is 2.45. The molecule has 0 radical (unpaired) electrons. The molecule has 1 heterocycles. The van der Waals surface area contributed by atoms with Crippen molar-refractivity contribution in [2.75, 3.05) is 19.0 Å². The minimum atomic E-state index is 0.873. The zero-order valence-corrected chi connectivity index (χ0v) is 5.49. The van der Waals surface area contributed by atoms with Crippen LogP contribution in [-0.4, -0.2) is 19.0 Å². The molecule has 1 aliphatic carbocycles. The van der Waals surface area contributed by atoms with Gasteiger partial charge in [0.2, 0.25) is 0 Å². The lowest BCUT2D eigenvalue weighted by molar-refractivity contribution is 0.638. The summed E-state index contributed by atoms with van der Waals surface area (Å²) in [5, 5.41) is 3.33. The molecule has 1 saturated carbocycles. The van der Waals surface area contributed by atoms with E-state index in [0.717, 1.165) is 23.6 Å². The molecule has 2 heteroatoms. The minimum absolute atomic E-state index is 0.873. The first-order valence-corrected chi connectivity index (χ1v) is 3.73. The van der Waals surface area contributed by atoms with Crippen molar-refractivity contribution in [3.05, 3.63) is 0 Å². The van der Waals surface area contributed by atoms with Crippen LogP contribution in [0.3, 0.4) is 0 Å². The van der Waals surface area contributed by atoms with Gasteiger partial charge in [-0.25, -0.2) is 0 Å². The maximum Gasteiger partial charge on any atom is 0.0258 e. The molecule has 0 spiro atoms. The van der Waals surface area contributed by atoms with E-state index in [0.29, 0.717) is 0 Å². The first-order chi connectivity index (χ1) is 3.93. The van der Waals surface area contributed by atoms with Crippen molar-refractivity contribution in [2.24, 2.45) is 17.8 Å². The van der Waals surface area contributed by atoms with Crippen LogP contribution >= 0.6 is 11.6 Å². The Balaban J connectivity index is 1.94. The van der Waals surface area contributed by atoms with Crippen molar-refractivity contribution in [2.45, 2.75) is 0 Å². The van der Waals surface area contributed by atoms with Crippen molar-refractivity contribution < 1.29 is 0 Å². The summed E-state index contributed by atoms with van der Waals surface area (Å²) < 4.78 is 0. The van der Waals surface area contributed by atoms with Crippen LogP contribution in [0.4, 0.5) is 0 Å². The van der Waals surface area contributed by atoms with E-state index in [9.17, 15) is 0 Å². The van der Waals surface area contributed by atoms with E-state index < -0.39 is 0 Å². The molecule has 2 atom stereocenters. The highest BCUT2D eigenvalue weighted by atomic mass is 35.5. The Morgan fingerprint density at radius 2 is 2.00 bits per heavy atom. The predicted molar refractivity (Wildman–Crippen MR) is 34.1 cm³/mol. The largest absolute Gasteiger partial charge is 0.316 e. The van der Waals surface area contributed by atoms with E-state index in [1.807, 2.05) is 0 Å². The number of alkyl halides is 1. The maximum absolute atomic E-state index is 5.67. The summed E-state index contributed by atoms with van der Waals surface area (Å²) in [6, 6.07) is 0. The number of hydrogen-bond acceptors (Lipinski definition) is 1. The lowest BCUT2D eigenvalue weighted by Crippen LogP contribution is -2.14. The first-order valence-electron chi connectivity index (χ1n) is 3.20. The summed E-state index contributed by atoms with van der Waals surface area (Å²) in [7, 11) is 0. The van der Waals surface area contributed by atoms with Crippen molar-refractivity contribution in [3.8, 4) is 0 Å². The molecule has 0 aromatic heterocycles. The Hall–Kier alpha value is 0.250. The zero-order chi connectivity index (χ0) is 5.56. The summed E-state index contributed by atoms with van der Waals surface area (Å²) in [5.41, 5.74) is 0. The highest BCUT2D eigenvalue weighted by molar-refractivity contribution is 6.18. The third-order valence-corrected chi connectivity index (χ3v) is 2.80. The van der Waals surface area contributed by atoms with Gasteiger partial charge in [-0.2, -0.15) is 0 Å². The lowest BCUT2D eigenvalue weighted by atomic mass is 10.3. The van der Waals surface area contributed by atoms with Crippen molar-refractivity contribution >= 4 is 11.6 Å². The molecule has 1 saturated heterocycles. The number of hydrogen-bond donors (Lipinski definition) is 1. The van der Waals surface area contributed by atoms with E-state index in [1.165, 1.54) is 13.1 Å². The monoisotopic (exact) mass is 131 g/mol.